The molecule has 6 aliphatic rings. The lowest BCUT2D eigenvalue weighted by atomic mass is 9.86. The molecule has 25 heavy (non-hydrogen) atoms. The van der Waals surface area contributed by atoms with Crippen LogP contribution in [0.25, 0.3) is 11.3 Å². The summed E-state index contributed by atoms with van der Waals surface area (Å²) in [5.41, 5.74) is 7.44. The van der Waals surface area contributed by atoms with Gasteiger partial charge in [-0.3, -0.25) is 0 Å². The standard InChI is InChI=1S/C18H21N7/c19-17-20-6-12(7-21-17)15-5-16(24-8-10-1-13(24)2-10)23-18(22-15)25-9-11-3-14(25)4-11/h5-7,10-11,13-14H,1-4,8-9H2,(H2,19,20,21). The molecule has 2 N–H and O–H groups in total. The Labute approximate surface area is 146 Å². The van der Waals surface area contributed by atoms with Crippen molar-refractivity contribution in [3.63, 3.8) is 0 Å². The highest BCUT2D eigenvalue weighted by Crippen LogP contribution is 2.45. The van der Waals surface area contributed by atoms with Gasteiger partial charge in [-0.05, 0) is 37.5 Å². The topological polar surface area (TPSA) is 84.1 Å². The summed E-state index contributed by atoms with van der Waals surface area (Å²) in [5, 5.41) is 0. The molecule has 0 aromatic carbocycles. The highest BCUT2D eigenvalue weighted by molar-refractivity contribution is 5.65. The molecule has 0 spiro atoms. The van der Waals surface area contributed by atoms with E-state index in [0.29, 0.717) is 18.0 Å². The third-order valence-corrected chi connectivity index (χ3v) is 6.43. The second-order valence-electron chi connectivity index (χ2n) is 8.03. The quantitative estimate of drug-likeness (QED) is 0.914. The number of aromatic nitrogens is 4. The van der Waals surface area contributed by atoms with Crippen molar-refractivity contribution in [2.75, 3.05) is 28.6 Å². The minimum Gasteiger partial charge on any atom is -0.368 e. The van der Waals surface area contributed by atoms with Crippen LogP contribution in [0, 0.1) is 11.8 Å². The first-order chi connectivity index (χ1) is 12.2. The second-order valence-corrected chi connectivity index (χ2v) is 8.03. The largest absolute Gasteiger partial charge is 0.368 e. The van der Waals surface area contributed by atoms with Crippen LogP contribution in [-0.2, 0) is 0 Å². The van der Waals surface area contributed by atoms with Crippen molar-refractivity contribution in [1.29, 1.82) is 0 Å². The van der Waals surface area contributed by atoms with Gasteiger partial charge in [0, 0.05) is 49.2 Å². The number of nitrogen functional groups attached to an aromatic ring is 1. The van der Waals surface area contributed by atoms with Crippen molar-refractivity contribution in [2.45, 2.75) is 37.8 Å². The van der Waals surface area contributed by atoms with Crippen LogP contribution in [0.4, 0.5) is 17.7 Å². The van der Waals surface area contributed by atoms with Gasteiger partial charge in [-0.1, -0.05) is 0 Å². The SMILES string of the molecule is Nc1ncc(-c2cc(N3CC4CC3C4)nc(N3CC4CC3C4)n2)cn1. The molecular weight excluding hydrogens is 314 g/mol. The zero-order chi connectivity index (χ0) is 16.5. The summed E-state index contributed by atoms with van der Waals surface area (Å²) in [7, 11) is 0. The molecule has 4 aliphatic heterocycles. The maximum Gasteiger partial charge on any atom is 0.228 e. The van der Waals surface area contributed by atoms with Crippen LogP contribution < -0.4 is 15.5 Å². The summed E-state index contributed by atoms with van der Waals surface area (Å²) in [6, 6.07) is 3.39. The molecule has 4 bridgehead atoms. The summed E-state index contributed by atoms with van der Waals surface area (Å²) < 4.78 is 0. The lowest BCUT2D eigenvalue weighted by Crippen LogP contribution is -2.32. The molecule has 6 fully saturated rings. The molecule has 0 atom stereocenters. The van der Waals surface area contributed by atoms with Gasteiger partial charge in [0.15, 0.2) is 0 Å². The molecule has 2 aromatic rings. The first kappa shape index (κ1) is 13.8. The Morgan fingerprint density at radius 2 is 1.52 bits per heavy atom. The highest BCUT2D eigenvalue weighted by Gasteiger charge is 2.45. The van der Waals surface area contributed by atoms with E-state index < -0.39 is 0 Å². The normalized spacial score (nSPS) is 31.8. The molecule has 6 heterocycles. The number of nitrogens with zero attached hydrogens (tertiary/aromatic N) is 6. The van der Waals surface area contributed by atoms with Crippen molar-refractivity contribution in [3.05, 3.63) is 18.5 Å². The average molecular weight is 335 g/mol. The molecule has 0 radical (unpaired) electrons. The van der Waals surface area contributed by atoms with Crippen molar-refractivity contribution in [1.82, 2.24) is 19.9 Å². The van der Waals surface area contributed by atoms with Crippen molar-refractivity contribution >= 4 is 17.7 Å². The van der Waals surface area contributed by atoms with E-state index in [-0.39, 0.29) is 0 Å². The minimum absolute atomic E-state index is 0.291. The molecule has 8 rings (SSSR count). The zero-order valence-electron chi connectivity index (χ0n) is 14.0. The van der Waals surface area contributed by atoms with Crippen molar-refractivity contribution in [2.24, 2.45) is 11.8 Å². The number of fused-ring (bicyclic) bond motifs is 2. The van der Waals surface area contributed by atoms with Crippen LogP contribution in [0.3, 0.4) is 0 Å². The van der Waals surface area contributed by atoms with E-state index in [1.165, 1.54) is 25.7 Å². The minimum atomic E-state index is 0.291. The second kappa shape index (κ2) is 4.80. The van der Waals surface area contributed by atoms with Crippen molar-refractivity contribution in [3.8, 4) is 11.3 Å². The molecule has 2 saturated carbocycles. The number of nitrogens with two attached hydrogens (primary N) is 1. The van der Waals surface area contributed by atoms with Crippen LogP contribution in [0.15, 0.2) is 18.5 Å². The van der Waals surface area contributed by atoms with Gasteiger partial charge in [-0.15, -0.1) is 0 Å². The first-order valence-corrected chi connectivity index (χ1v) is 9.23. The maximum absolute atomic E-state index is 5.64. The number of rotatable bonds is 3. The molecule has 2 aliphatic carbocycles. The number of anilines is 3. The molecule has 0 unspecified atom stereocenters. The van der Waals surface area contributed by atoms with Crippen LogP contribution in [0.2, 0.25) is 0 Å². The Morgan fingerprint density at radius 1 is 0.880 bits per heavy atom. The summed E-state index contributed by atoms with van der Waals surface area (Å²) in [5.74, 6) is 3.91. The Hall–Kier alpha value is -2.44. The van der Waals surface area contributed by atoms with E-state index in [1.807, 2.05) is 0 Å². The summed E-state index contributed by atoms with van der Waals surface area (Å²) in [6.07, 6.45) is 8.73. The van der Waals surface area contributed by atoms with Crippen LogP contribution in [0.5, 0.6) is 0 Å². The molecule has 0 amide bonds. The first-order valence-electron chi connectivity index (χ1n) is 9.23. The Balaban J connectivity index is 1.44. The Kier molecular flexibility index (Phi) is 2.65. The summed E-state index contributed by atoms with van der Waals surface area (Å²) >= 11 is 0. The third-order valence-electron chi connectivity index (χ3n) is 6.43. The van der Waals surface area contributed by atoms with Gasteiger partial charge in [0.2, 0.25) is 11.9 Å². The van der Waals surface area contributed by atoms with E-state index in [0.717, 1.165) is 47.9 Å². The fourth-order valence-electron chi connectivity index (χ4n) is 4.90. The predicted octanol–water partition coefficient (Wildman–Crippen LogP) is 1.71. The van der Waals surface area contributed by atoms with E-state index in [9.17, 15) is 0 Å². The third kappa shape index (κ3) is 2.04. The molecular formula is C18H21N7. The van der Waals surface area contributed by atoms with E-state index in [2.05, 4.69) is 25.8 Å². The fourth-order valence-corrected chi connectivity index (χ4v) is 4.90. The molecule has 4 saturated heterocycles. The van der Waals surface area contributed by atoms with Crippen LogP contribution in [-0.4, -0.2) is 45.1 Å². The van der Waals surface area contributed by atoms with E-state index in [1.54, 1.807) is 12.4 Å². The van der Waals surface area contributed by atoms with Crippen LogP contribution in [0.1, 0.15) is 25.7 Å². The molecule has 7 nitrogen and oxygen atoms in total. The lowest BCUT2D eigenvalue weighted by Gasteiger charge is -2.29. The monoisotopic (exact) mass is 335 g/mol. The summed E-state index contributed by atoms with van der Waals surface area (Å²) in [4.78, 5) is 23.0. The van der Waals surface area contributed by atoms with Gasteiger partial charge in [-0.2, -0.15) is 4.98 Å². The zero-order valence-corrected chi connectivity index (χ0v) is 14.0. The average Bonchev–Trinajstić information content (AvgIpc) is 3.32. The van der Waals surface area contributed by atoms with Gasteiger partial charge < -0.3 is 15.5 Å². The van der Waals surface area contributed by atoms with Crippen molar-refractivity contribution < 1.29 is 0 Å². The molecule has 128 valence electrons. The number of hydrogen-bond acceptors (Lipinski definition) is 7. The van der Waals surface area contributed by atoms with Crippen LogP contribution >= 0.6 is 0 Å². The maximum atomic E-state index is 5.64. The molecule has 2 aromatic heterocycles. The summed E-state index contributed by atoms with van der Waals surface area (Å²) in [6.45, 7) is 2.22. The Bertz CT molecular complexity index is 780. The van der Waals surface area contributed by atoms with Gasteiger partial charge in [-0.25, -0.2) is 15.0 Å². The van der Waals surface area contributed by atoms with Gasteiger partial charge in [0.05, 0.1) is 5.69 Å². The fraction of sp³-hybridized carbons (Fsp3) is 0.556. The smallest absolute Gasteiger partial charge is 0.228 e. The van der Waals surface area contributed by atoms with Gasteiger partial charge in [0.1, 0.15) is 5.82 Å². The van der Waals surface area contributed by atoms with Gasteiger partial charge >= 0.3 is 0 Å². The van der Waals surface area contributed by atoms with Gasteiger partial charge in [0.25, 0.3) is 0 Å². The molecule has 7 heteroatoms. The number of hydrogen-bond donors (Lipinski definition) is 1. The predicted molar refractivity (Wildman–Crippen MR) is 95.2 cm³/mol. The van der Waals surface area contributed by atoms with E-state index >= 15 is 0 Å². The highest BCUT2D eigenvalue weighted by atomic mass is 15.3. The Morgan fingerprint density at radius 3 is 2.12 bits per heavy atom. The lowest BCUT2D eigenvalue weighted by molar-refractivity contribution is 0.379. The van der Waals surface area contributed by atoms with E-state index in [4.69, 9.17) is 15.7 Å².